The number of rotatable bonds is 7. The monoisotopic (exact) mass is 475 g/mol. The summed E-state index contributed by atoms with van der Waals surface area (Å²) in [7, 11) is 0. The summed E-state index contributed by atoms with van der Waals surface area (Å²) in [4.78, 5) is 23.7. The summed E-state index contributed by atoms with van der Waals surface area (Å²) in [6, 6.07) is 16.6. The summed E-state index contributed by atoms with van der Waals surface area (Å²) < 4.78 is 0. The van der Waals surface area contributed by atoms with Gasteiger partial charge >= 0.3 is 0 Å². The molecule has 4 rings (SSSR count). The maximum Gasteiger partial charge on any atom is 0.221 e. The smallest absolute Gasteiger partial charge is 0.221 e. The van der Waals surface area contributed by atoms with Gasteiger partial charge in [-0.1, -0.05) is 29.8 Å². The van der Waals surface area contributed by atoms with Gasteiger partial charge in [0.15, 0.2) is 0 Å². The third kappa shape index (κ3) is 5.27. The largest absolute Gasteiger partial charge is 0.506 e. The quantitative estimate of drug-likeness (QED) is 0.283. The van der Waals surface area contributed by atoms with Gasteiger partial charge in [-0.2, -0.15) is 0 Å². The molecule has 2 aromatic heterocycles. The Morgan fingerprint density at radius 2 is 1.76 bits per heavy atom. The van der Waals surface area contributed by atoms with Gasteiger partial charge in [0.25, 0.3) is 0 Å². The van der Waals surface area contributed by atoms with Crippen LogP contribution in [0.1, 0.15) is 32.2 Å². The summed E-state index contributed by atoms with van der Waals surface area (Å²) in [5.74, 6) is 0.655. The van der Waals surface area contributed by atoms with Crippen molar-refractivity contribution in [2.45, 2.75) is 32.9 Å². The number of anilines is 1. The first-order valence-electron chi connectivity index (χ1n) is 10.8. The van der Waals surface area contributed by atoms with Gasteiger partial charge in [-0.15, -0.1) is 0 Å². The van der Waals surface area contributed by atoms with E-state index in [1.54, 1.807) is 24.5 Å². The molecule has 0 aliphatic heterocycles. The molecule has 2 aromatic carbocycles. The minimum absolute atomic E-state index is 0.00416. The number of aromatic hydroxyl groups is 1. The third-order valence-corrected chi connectivity index (χ3v) is 5.81. The number of phenolic OH excluding ortho intramolecular Hbond substituents is 1. The molecule has 0 aliphatic carbocycles. The van der Waals surface area contributed by atoms with E-state index in [1.807, 2.05) is 42.5 Å². The number of pyridine rings is 1. The summed E-state index contributed by atoms with van der Waals surface area (Å²) in [5.41, 5.74) is 4.56. The van der Waals surface area contributed by atoms with Gasteiger partial charge in [0, 0.05) is 42.7 Å². The number of amides is 1. The van der Waals surface area contributed by atoms with Crippen molar-refractivity contribution in [2.75, 3.05) is 5.32 Å². The minimum atomic E-state index is -0.495. The fourth-order valence-corrected chi connectivity index (χ4v) is 3.70. The molecule has 4 aromatic rings. The van der Waals surface area contributed by atoms with E-state index in [4.69, 9.17) is 16.6 Å². The van der Waals surface area contributed by atoms with Crippen LogP contribution in [0.25, 0.3) is 22.5 Å². The van der Waals surface area contributed by atoms with Crippen molar-refractivity contribution in [3.8, 4) is 28.3 Å². The zero-order valence-corrected chi connectivity index (χ0v) is 19.9. The van der Waals surface area contributed by atoms with Crippen LogP contribution in [0.4, 0.5) is 5.69 Å². The number of benzene rings is 2. The lowest BCUT2D eigenvalue weighted by Gasteiger charge is -2.24. The van der Waals surface area contributed by atoms with Crippen LogP contribution in [0.3, 0.4) is 0 Å². The van der Waals surface area contributed by atoms with E-state index in [0.29, 0.717) is 12.2 Å². The van der Waals surface area contributed by atoms with E-state index in [-0.39, 0.29) is 16.7 Å². The van der Waals surface area contributed by atoms with Crippen molar-refractivity contribution in [3.05, 3.63) is 83.4 Å². The molecule has 0 unspecified atom stereocenters. The Bertz CT molecular complexity index is 1300. The van der Waals surface area contributed by atoms with Crippen LogP contribution in [-0.4, -0.2) is 26.0 Å². The number of aromatic nitrogens is 3. The highest BCUT2D eigenvalue weighted by Gasteiger charge is 2.26. The molecule has 7 nitrogen and oxygen atoms in total. The number of phenols is 1. The van der Waals surface area contributed by atoms with Crippen LogP contribution in [-0.2, 0) is 16.9 Å². The minimum Gasteiger partial charge on any atom is -0.506 e. The molecule has 0 saturated heterocycles. The van der Waals surface area contributed by atoms with E-state index in [0.717, 1.165) is 33.9 Å². The SMILES string of the molecule is CC(=O)Nc1ccc(CNC(C)(C)c2nc(-c3ccc(Cl)c(O)c3)c(-c3ccncc3)[nH]2)cc1. The molecule has 0 radical (unpaired) electrons. The fourth-order valence-electron chi connectivity index (χ4n) is 3.58. The van der Waals surface area contributed by atoms with Gasteiger partial charge in [0.1, 0.15) is 11.6 Å². The van der Waals surface area contributed by atoms with Crippen molar-refractivity contribution in [2.24, 2.45) is 0 Å². The normalized spacial score (nSPS) is 11.4. The molecule has 34 heavy (non-hydrogen) atoms. The van der Waals surface area contributed by atoms with Crippen molar-refractivity contribution in [3.63, 3.8) is 0 Å². The molecule has 8 heteroatoms. The first-order chi connectivity index (χ1) is 16.2. The number of hydrogen-bond donors (Lipinski definition) is 4. The van der Waals surface area contributed by atoms with Gasteiger partial charge in [-0.25, -0.2) is 4.98 Å². The molecule has 174 valence electrons. The fraction of sp³-hybridized carbons (Fsp3) is 0.192. The van der Waals surface area contributed by atoms with Gasteiger partial charge in [0.2, 0.25) is 5.91 Å². The summed E-state index contributed by atoms with van der Waals surface area (Å²) in [6.07, 6.45) is 3.46. The summed E-state index contributed by atoms with van der Waals surface area (Å²) >= 11 is 6.02. The third-order valence-electron chi connectivity index (χ3n) is 5.49. The maximum absolute atomic E-state index is 11.2. The topological polar surface area (TPSA) is 103 Å². The van der Waals surface area contributed by atoms with Gasteiger partial charge < -0.3 is 20.7 Å². The van der Waals surface area contributed by atoms with Crippen LogP contribution < -0.4 is 10.6 Å². The summed E-state index contributed by atoms with van der Waals surface area (Å²) in [6.45, 7) is 6.20. The zero-order valence-electron chi connectivity index (χ0n) is 19.2. The molecule has 1 amide bonds. The van der Waals surface area contributed by atoms with Gasteiger partial charge in [0.05, 0.1) is 21.9 Å². The first kappa shape index (κ1) is 23.5. The number of imidazole rings is 1. The van der Waals surface area contributed by atoms with E-state index in [1.165, 1.54) is 6.92 Å². The maximum atomic E-state index is 11.2. The van der Waals surface area contributed by atoms with E-state index in [9.17, 15) is 9.90 Å². The predicted molar refractivity (Wildman–Crippen MR) is 135 cm³/mol. The molecule has 0 spiro atoms. The van der Waals surface area contributed by atoms with Crippen LogP contribution in [0.5, 0.6) is 5.75 Å². The average Bonchev–Trinajstić information content (AvgIpc) is 3.27. The highest BCUT2D eigenvalue weighted by molar-refractivity contribution is 6.32. The second kappa shape index (κ2) is 9.67. The van der Waals surface area contributed by atoms with E-state index < -0.39 is 5.54 Å². The lowest BCUT2D eigenvalue weighted by molar-refractivity contribution is -0.114. The number of nitrogens with one attached hydrogen (secondary N) is 3. The van der Waals surface area contributed by atoms with Crippen LogP contribution in [0.2, 0.25) is 5.02 Å². The number of halogens is 1. The molecule has 0 bridgehead atoms. The van der Waals surface area contributed by atoms with Crippen molar-refractivity contribution in [1.82, 2.24) is 20.3 Å². The second-order valence-corrected chi connectivity index (χ2v) is 8.97. The molecule has 0 fully saturated rings. The lowest BCUT2D eigenvalue weighted by Crippen LogP contribution is -2.37. The molecule has 0 atom stereocenters. The predicted octanol–water partition coefficient (Wildman–Crippen LogP) is 5.48. The number of aromatic amines is 1. The standard InChI is InChI=1S/C26H26ClN5O2/c1-16(33)30-20-7-4-17(5-8-20)15-29-26(2,3)25-31-23(18-10-12-28-13-11-18)24(32-25)19-6-9-21(27)22(34)14-19/h4-14,29,34H,15H2,1-3H3,(H,30,33)(H,31,32). The van der Waals surface area contributed by atoms with Gasteiger partial charge in [-0.3, -0.25) is 9.78 Å². The highest BCUT2D eigenvalue weighted by atomic mass is 35.5. The number of hydrogen-bond acceptors (Lipinski definition) is 5. The first-order valence-corrected chi connectivity index (χ1v) is 11.2. The molecular formula is C26H26ClN5O2. The van der Waals surface area contributed by atoms with E-state index >= 15 is 0 Å². The number of nitrogens with zero attached hydrogens (tertiary/aromatic N) is 2. The highest BCUT2D eigenvalue weighted by Crippen LogP contribution is 2.36. The molecule has 4 N–H and O–H groups in total. The Labute approximate surface area is 203 Å². The van der Waals surface area contributed by atoms with Crippen LogP contribution in [0, 0.1) is 0 Å². The average molecular weight is 476 g/mol. The molecule has 0 saturated carbocycles. The zero-order chi connectivity index (χ0) is 24.3. The number of H-pyrrole nitrogens is 1. The van der Waals surface area contributed by atoms with Crippen molar-refractivity contribution in [1.29, 1.82) is 0 Å². The Morgan fingerprint density at radius 3 is 2.41 bits per heavy atom. The molecule has 0 aliphatic rings. The Balaban J connectivity index is 1.63. The summed E-state index contributed by atoms with van der Waals surface area (Å²) in [5, 5.41) is 16.8. The number of carbonyl (C=O) groups excluding carboxylic acids is 1. The number of carbonyl (C=O) groups is 1. The van der Waals surface area contributed by atoms with Crippen LogP contribution >= 0.6 is 11.6 Å². The van der Waals surface area contributed by atoms with Gasteiger partial charge in [-0.05, 0) is 55.8 Å². The van der Waals surface area contributed by atoms with Crippen molar-refractivity contribution >= 4 is 23.2 Å². The second-order valence-electron chi connectivity index (χ2n) is 8.57. The molecule has 2 heterocycles. The van der Waals surface area contributed by atoms with E-state index in [2.05, 4.69) is 34.4 Å². The Hall–Kier alpha value is -3.68. The molecular weight excluding hydrogens is 450 g/mol. The Kier molecular flexibility index (Phi) is 6.68. The van der Waals surface area contributed by atoms with Crippen LogP contribution in [0.15, 0.2) is 67.0 Å². The van der Waals surface area contributed by atoms with Crippen molar-refractivity contribution < 1.29 is 9.90 Å². The lowest BCUT2D eigenvalue weighted by atomic mass is 10.0. The Morgan fingerprint density at radius 1 is 1.06 bits per heavy atom.